The van der Waals surface area contributed by atoms with Gasteiger partial charge in [0, 0.05) is 24.2 Å². The van der Waals surface area contributed by atoms with Crippen LogP contribution in [0.5, 0.6) is 0 Å². The Labute approximate surface area is 138 Å². The van der Waals surface area contributed by atoms with E-state index in [1.54, 1.807) is 24.3 Å². The minimum Gasteiger partial charge on any atom is -0.352 e. The molecule has 0 aliphatic carbocycles. The summed E-state index contributed by atoms with van der Waals surface area (Å²) in [5.41, 5.74) is 0.810. The highest BCUT2D eigenvalue weighted by Gasteiger charge is 2.34. The van der Waals surface area contributed by atoms with Crippen LogP contribution in [0.3, 0.4) is 0 Å². The van der Waals surface area contributed by atoms with E-state index < -0.39 is 12.7 Å². The molecule has 7 heteroatoms. The summed E-state index contributed by atoms with van der Waals surface area (Å²) in [5, 5.41) is 3.31. The maximum Gasteiger partial charge on any atom is 0.401 e. The number of amides is 1. The van der Waals surface area contributed by atoms with Crippen LogP contribution in [-0.4, -0.2) is 43.2 Å². The van der Waals surface area contributed by atoms with Gasteiger partial charge in [0.25, 0.3) is 0 Å². The molecule has 1 saturated heterocycles. The van der Waals surface area contributed by atoms with Gasteiger partial charge in [0.2, 0.25) is 5.91 Å². The zero-order valence-electron chi connectivity index (χ0n) is 12.4. The van der Waals surface area contributed by atoms with Gasteiger partial charge in [-0.05, 0) is 42.7 Å². The molecule has 0 bridgehead atoms. The molecule has 23 heavy (non-hydrogen) atoms. The standard InChI is InChI=1S/C16H18ClF3N2O/c17-14-3-1-2-12(8-14)4-5-15(23)21-9-13-6-7-22(10-13)11-16(18,19)20/h1-5,8,13H,6-7,9-11H2,(H,21,23)/b5-4-/t13-/m0/s1. The molecule has 0 unspecified atom stereocenters. The van der Waals surface area contributed by atoms with Crippen molar-refractivity contribution in [3.05, 3.63) is 40.9 Å². The van der Waals surface area contributed by atoms with E-state index in [0.717, 1.165) is 5.56 Å². The summed E-state index contributed by atoms with van der Waals surface area (Å²) in [4.78, 5) is 13.1. The summed E-state index contributed by atoms with van der Waals surface area (Å²) in [6.45, 7) is 0.273. The number of benzene rings is 1. The number of likely N-dealkylation sites (tertiary alicyclic amines) is 1. The summed E-state index contributed by atoms with van der Waals surface area (Å²) in [6.07, 6.45) is -0.466. The van der Waals surface area contributed by atoms with E-state index in [-0.39, 0.29) is 11.8 Å². The maximum absolute atomic E-state index is 12.3. The Morgan fingerprint density at radius 1 is 1.43 bits per heavy atom. The number of carbonyl (C=O) groups excluding carboxylic acids is 1. The molecular formula is C16H18ClF3N2O. The fourth-order valence-electron chi connectivity index (χ4n) is 2.56. The molecule has 1 aliphatic heterocycles. The molecule has 1 atom stereocenters. The summed E-state index contributed by atoms with van der Waals surface area (Å²) in [5.74, 6) is -0.208. The minimum atomic E-state index is -4.17. The highest BCUT2D eigenvalue weighted by atomic mass is 35.5. The van der Waals surface area contributed by atoms with Crippen molar-refractivity contribution in [2.45, 2.75) is 12.6 Å². The van der Waals surface area contributed by atoms with E-state index >= 15 is 0 Å². The quantitative estimate of drug-likeness (QED) is 0.829. The molecule has 1 aromatic rings. The number of nitrogens with one attached hydrogen (secondary N) is 1. The summed E-state index contributed by atoms with van der Waals surface area (Å²) in [6, 6.07) is 7.08. The molecule has 0 saturated carbocycles. The van der Waals surface area contributed by atoms with Crippen LogP contribution in [0.15, 0.2) is 30.3 Å². The number of nitrogens with zero attached hydrogens (tertiary/aromatic N) is 1. The Morgan fingerprint density at radius 2 is 2.22 bits per heavy atom. The average Bonchev–Trinajstić information content (AvgIpc) is 2.88. The molecule has 1 aliphatic rings. The van der Waals surface area contributed by atoms with Gasteiger partial charge in [-0.1, -0.05) is 23.7 Å². The SMILES string of the molecule is O=C(/C=C\c1cccc(Cl)c1)NC[C@@H]1CCN(CC(F)(F)F)C1. The topological polar surface area (TPSA) is 32.3 Å². The lowest BCUT2D eigenvalue weighted by atomic mass is 10.1. The number of hydrogen-bond acceptors (Lipinski definition) is 2. The molecular weight excluding hydrogens is 329 g/mol. The van der Waals surface area contributed by atoms with Crippen molar-refractivity contribution in [1.82, 2.24) is 10.2 Å². The van der Waals surface area contributed by atoms with Crippen LogP contribution in [0.1, 0.15) is 12.0 Å². The van der Waals surface area contributed by atoms with Crippen molar-refractivity contribution in [2.24, 2.45) is 5.92 Å². The van der Waals surface area contributed by atoms with Crippen LogP contribution in [0.2, 0.25) is 5.02 Å². The van der Waals surface area contributed by atoms with Crippen LogP contribution >= 0.6 is 11.6 Å². The first-order valence-electron chi connectivity index (χ1n) is 7.32. The molecule has 2 rings (SSSR count). The zero-order valence-corrected chi connectivity index (χ0v) is 13.2. The molecule has 1 amide bonds. The maximum atomic E-state index is 12.3. The van der Waals surface area contributed by atoms with Crippen molar-refractivity contribution in [3.63, 3.8) is 0 Å². The molecule has 1 fully saturated rings. The number of carbonyl (C=O) groups is 1. The van der Waals surface area contributed by atoms with Gasteiger partial charge in [0.1, 0.15) is 0 Å². The van der Waals surface area contributed by atoms with E-state index in [2.05, 4.69) is 5.32 Å². The molecule has 3 nitrogen and oxygen atoms in total. The number of rotatable bonds is 5. The molecule has 1 N–H and O–H groups in total. The zero-order chi connectivity index (χ0) is 16.9. The second-order valence-corrected chi connectivity index (χ2v) is 6.07. The Balaban J connectivity index is 1.73. The number of halogens is 4. The van der Waals surface area contributed by atoms with Crippen molar-refractivity contribution in [2.75, 3.05) is 26.2 Å². The van der Waals surface area contributed by atoms with Crippen LogP contribution in [-0.2, 0) is 4.79 Å². The first-order chi connectivity index (χ1) is 10.8. The fraction of sp³-hybridized carbons (Fsp3) is 0.438. The largest absolute Gasteiger partial charge is 0.401 e. The van der Waals surface area contributed by atoms with Gasteiger partial charge in [0.05, 0.1) is 6.54 Å². The second kappa shape index (κ2) is 7.84. The molecule has 1 heterocycles. The Hall–Kier alpha value is -1.53. The normalized spacial score (nSPS) is 19.4. The fourth-order valence-corrected chi connectivity index (χ4v) is 2.76. The highest BCUT2D eigenvalue weighted by molar-refractivity contribution is 6.30. The lowest BCUT2D eigenvalue weighted by Gasteiger charge is -2.17. The van der Waals surface area contributed by atoms with Gasteiger partial charge < -0.3 is 5.32 Å². The van der Waals surface area contributed by atoms with Gasteiger partial charge >= 0.3 is 6.18 Å². The van der Waals surface area contributed by atoms with E-state index in [0.29, 0.717) is 31.1 Å². The smallest absolute Gasteiger partial charge is 0.352 e. The Morgan fingerprint density at radius 3 is 2.91 bits per heavy atom. The lowest BCUT2D eigenvalue weighted by Crippen LogP contribution is -2.34. The van der Waals surface area contributed by atoms with E-state index in [4.69, 9.17) is 11.6 Å². The van der Waals surface area contributed by atoms with Crippen molar-refractivity contribution in [3.8, 4) is 0 Å². The van der Waals surface area contributed by atoms with Gasteiger partial charge in [-0.3, -0.25) is 9.69 Å². The number of alkyl halides is 3. The third kappa shape index (κ3) is 6.62. The predicted molar refractivity (Wildman–Crippen MR) is 84.1 cm³/mol. The van der Waals surface area contributed by atoms with Crippen LogP contribution < -0.4 is 5.32 Å². The Kier molecular flexibility index (Phi) is 6.07. The number of hydrogen-bond donors (Lipinski definition) is 1. The highest BCUT2D eigenvalue weighted by Crippen LogP contribution is 2.22. The monoisotopic (exact) mass is 346 g/mol. The first-order valence-corrected chi connectivity index (χ1v) is 7.70. The van der Waals surface area contributed by atoms with Crippen molar-refractivity contribution >= 4 is 23.6 Å². The van der Waals surface area contributed by atoms with Crippen LogP contribution in [0.25, 0.3) is 6.08 Å². The van der Waals surface area contributed by atoms with E-state index in [9.17, 15) is 18.0 Å². The molecule has 126 valence electrons. The minimum absolute atomic E-state index is 0.0564. The second-order valence-electron chi connectivity index (χ2n) is 5.64. The van der Waals surface area contributed by atoms with Gasteiger partial charge in [-0.25, -0.2) is 0 Å². The third-order valence-corrected chi connectivity index (χ3v) is 3.85. The lowest BCUT2D eigenvalue weighted by molar-refractivity contribution is -0.143. The summed E-state index contributed by atoms with van der Waals surface area (Å²) in [7, 11) is 0. The van der Waals surface area contributed by atoms with E-state index in [1.165, 1.54) is 11.0 Å². The molecule has 0 radical (unpaired) electrons. The van der Waals surface area contributed by atoms with Crippen molar-refractivity contribution < 1.29 is 18.0 Å². The average molecular weight is 347 g/mol. The van der Waals surface area contributed by atoms with E-state index in [1.807, 2.05) is 6.07 Å². The predicted octanol–water partition coefficient (Wildman–Crippen LogP) is 3.35. The van der Waals surface area contributed by atoms with Gasteiger partial charge in [0.15, 0.2) is 0 Å². The van der Waals surface area contributed by atoms with Gasteiger partial charge in [-0.15, -0.1) is 0 Å². The molecule has 1 aromatic carbocycles. The summed E-state index contributed by atoms with van der Waals surface area (Å²) < 4.78 is 36.9. The Bertz CT molecular complexity index is 575. The van der Waals surface area contributed by atoms with Gasteiger partial charge in [-0.2, -0.15) is 13.2 Å². The van der Waals surface area contributed by atoms with Crippen molar-refractivity contribution in [1.29, 1.82) is 0 Å². The first kappa shape index (κ1) is 17.8. The van der Waals surface area contributed by atoms with Crippen LogP contribution in [0.4, 0.5) is 13.2 Å². The third-order valence-electron chi connectivity index (χ3n) is 3.61. The molecule has 0 aromatic heterocycles. The van der Waals surface area contributed by atoms with Crippen LogP contribution in [0, 0.1) is 5.92 Å². The molecule has 0 spiro atoms. The summed E-state index contributed by atoms with van der Waals surface area (Å²) >= 11 is 5.85.